The number of ether oxygens (including phenoxy) is 3. The van der Waals surface area contributed by atoms with Crippen molar-refractivity contribution in [1.29, 1.82) is 0 Å². The van der Waals surface area contributed by atoms with Gasteiger partial charge in [0.05, 0.1) is 17.8 Å². The molecule has 1 aliphatic rings. The van der Waals surface area contributed by atoms with Crippen molar-refractivity contribution < 1.29 is 24.1 Å². The molecule has 1 aliphatic heterocycles. The molecule has 0 amide bonds. The number of esters is 1. The van der Waals surface area contributed by atoms with Gasteiger partial charge in [0.25, 0.3) is 0 Å². The smallest absolute Gasteiger partial charge is 0.338 e. The number of carbonyl (C=O) groups is 1. The van der Waals surface area contributed by atoms with E-state index >= 15 is 0 Å². The van der Waals surface area contributed by atoms with Crippen molar-refractivity contribution in [2.45, 2.75) is 37.9 Å². The molecule has 0 radical (unpaired) electrons. The normalized spacial score (nSPS) is 30.9. The van der Waals surface area contributed by atoms with Gasteiger partial charge in [-0.25, -0.2) is 4.79 Å². The predicted octanol–water partition coefficient (Wildman–Crippen LogP) is 1.35. The van der Waals surface area contributed by atoms with Crippen LogP contribution in [0.5, 0.6) is 0 Å². The molecule has 19 heavy (non-hydrogen) atoms. The van der Waals surface area contributed by atoms with Crippen LogP contribution in [-0.2, 0) is 14.2 Å². The third-order valence-corrected chi connectivity index (χ3v) is 3.16. The fourth-order valence-corrected chi connectivity index (χ4v) is 2.11. The number of hydrogen-bond acceptors (Lipinski definition) is 5. The molecule has 4 atom stereocenters. The van der Waals surface area contributed by atoms with Gasteiger partial charge in [-0.2, -0.15) is 0 Å². The lowest BCUT2D eigenvalue weighted by atomic mass is 10.0. The summed E-state index contributed by atoms with van der Waals surface area (Å²) < 4.78 is 15.9. The zero-order valence-electron chi connectivity index (χ0n) is 11.0. The predicted molar refractivity (Wildman–Crippen MR) is 67.6 cm³/mol. The second-order valence-corrected chi connectivity index (χ2v) is 4.55. The Morgan fingerprint density at radius 2 is 2.05 bits per heavy atom. The van der Waals surface area contributed by atoms with Gasteiger partial charge in [-0.1, -0.05) is 18.2 Å². The number of rotatable bonds is 3. The molecule has 0 saturated carbocycles. The summed E-state index contributed by atoms with van der Waals surface area (Å²) in [6.07, 6.45) is -2.06. The van der Waals surface area contributed by atoms with Crippen molar-refractivity contribution in [3.63, 3.8) is 0 Å². The Hall–Kier alpha value is -1.43. The van der Waals surface area contributed by atoms with E-state index in [1.54, 1.807) is 31.2 Å². The highest BCUT2D eigenvalue weighted by Gasteiger charge is 2.38. The molecule has 5 heteroatoms. The van der Waals surface area contributed by atoms with Gasteiger partial charge in [0.1, 0.15) is 0 Å². The Kier molecular flexibility index (Phi) is 4.52. The minimum absolute atomic E-state index is 0.285. The van der Waals surface area contributed by atoms with Crippen LogP contribution in [0.15, 0.2) is 30.3 Å². The van der Waals surface area contributed by atoms with Gasteiger partial charge in [0.2, 0.25) is 0 Å². The molecule has 0 unspecified atom stereocenters. The third-order valence-electron chi connectivity index (χ3n) is 3.16. The van der Waals surface area contributed by atoms with Crippen LogP contribution in [0.2, 0.25) is 0 Å². The lowest BCUT2D eigenvalue weighted by molar-refractivity contribution is -0.236. The van der Waals surface area contributed by atoms with Crippen LogP contribution >= 0.6 is 0 Å². The summed E-state index contributed by atoms with van der Waals surface area (Å²) in [6, 6.07) is 8.67. The van der Waals surface area contributed by atoms with E-state index in [9.17, 15) is 9.90 Å². The van der Waals surface area contributed by atoms with Crippen LogP contribution in [0.25, 0.3) is 0 Å². The topological polar surface area (TPSA) is 65.0 Å². The van der Waals surface area contributed by atoms with Gasteiger partial charge >= 0.3 is 5.97 Å². The molecular weight excluding hydrogens is 248 g/mol. The Labute approximate surface area is 112 Å². The molecule has 1 saturated heterocycles. The fraction of sp³-hybridized carbons (Fsp3) is 0.500. The Bertz CT molecular complexity index is 407. The van der Waals surface area contributed by atoms with E-state index in [-0.39, 0.29) is 6.42 Å². The lowest BCUT2D eigenvalue weighted by Crippen LogP contribution is -2.49. The number of methoxy groups -OCH3 is 1. The van der Waals surface area contributed by atoms with Crippen LogP contribution < -0.4 is 0 Å². The zero-order valence-corrected chi connectivity index (χ0v) is 11.0. The van der Waals surface area contributed by atoms with E-state index in [0.29, 0.717) is 5.56 Å². The first-order chi connectivity index (χ1) is 9.11. The van der Waals surface area contributed by atoms with E-state index < -0.39 is 30.6 Å². The summed E-state index contributed by atoms with van der Waals surface area (Å²) in [5, 5.41) is 10.00. The van der Waals surface area contributed by atoms with Crippen molar-refractivity contribution in [3.05, 3.63) is 35.9 Å². The summed E-state index contributed by atoms with van der Waals surface area (Å²) in [6.45, 7) is 1.75. The molecule has 1 aromatic rings. The highest BCUT2D eigenvalue weighted by molar-refractivity contribution is 5.89. The van der Waals surface area contributed by atoms with Crippen LogP contribution in [-0.4, -0.2) is 42.8 Å². The van der Waals surface area contributed by atoms with E-state index in [2.05, 4.69) is 0 Å². The van der Waals surface area contributed by atoms with Gasteiger partial charge in [-0.15, -0.1) is 0 Å². The van der Waals surface area contributed by atoms with Crippen LogP contribution in [0.4, 0.5) is 0 Å². The minimum Gasteiger partial charge on any atom is -0.453 e. The highest BCUT2D eigenvalue weighted by Crippen LogP contribution is 2.23. The first-order valence-electron chi connectivity index (χ1n) is 6.24. The van der Waals surface area contributed by atoms with E-state index in [1.807, 2.05) is 6.07 Å². The van der Waals surface area contributed by atoms with E-state index in [4.69, 9.17) is 14.2 Å². The number of benzene rings is 1. The van der Waals surface area contributed by atoms with Crippen LogP contribution in [0.3, 0.4) is 0 Å². The maximum absolute atomic E-state index is 11.9. The van der Waals surface area contributed by atoms with Crippen molar-refractivity contribution in [3.8, 4) is 0 Å². The fourth-order valence-electron chi connectivity index (χ4n) is 2.11. The number of carbonyl (C=O) groups excluding carboxylic acids is 1. The molecule has 1 fully saturated rings. The number of aliphatic hydroxyl groups is 1. The van der Waals surface area contributed by atoms with Crippen LogP contribution in [0, 0.1) is 0 Å². The Morgan fingerprint density at radius 3 is 2.63 bits per heavy atom. The molecule has 1 heterocycles. The highest BCUT2D eigenvalue weighted by atomic mass is 16.7. The zero-order chi connectivity index (χ0) is 13.8. The van der Waals surface area contributed by atoms with Gasteiger partial charge in [0, 0.05) is 13.5 Å². The first kappa shape index (κ1) is 14.0. The summed E-state index contributed by atoms with van der Waals surface area (Å²) in [4.78, 5) is 11.9. The molecule has 2 rings (SSSR count). The van der Waals surface area contributed by atoms with E-state index in [0.717, 1.165) is 0 Å². The van der Waals surface area contributed by atoms with Gasteiger partial charge in [-0.3, -0.25) is 0 Å². The maximum Gasteiger partial charge on any atom is 0.338 e. The van der Waals surface area contributed by atoms with Crippen molar-refractivity contribution in [2.24, 2.45) is 0 Å². The SMILES string of the molecule is CO[C@@H]1C[C@H](O)[C@H](OC(=O)c2ccccc2)[C@@H](C)O1. The Balaban J connectivity index is 2.01. The van der Waals surface area contributed by atoms with E-state index in [1.165, 1.54) is 7.11 Å². The molecular formula is C14H18O5. The second kappa shape index (κ2) is 6.14. The molecule has 0 aromatic heterocycles. The molecule has 5 nitrogen and oxygen atoms in total. The third kappa shape index (κ3) is 3.32. The first-order valence-corrected chi connectivity index (χ1v) is 6.24. The van der Waals surface area contributed by atoms with Crippen molar-refractivity contribution in [2.75, 3.05) is 7.11 Å². The standard InChI is InChI=1S/C14H18O5/c1-9-13(11(15)8-12(17-2)18-9)19-14(16)10-6-4-3-5-7-10/h3-7,9,11-13,15H,8H2,1-2H3/t9-,11+,12+,13-/m1/s1. The van der Waals surface area contributed by atoms with Crippen molar-refractivity contribution >= 4 is 5.97 Å². The summed E-state index contributed by atoms with van der Waals surface area (Å²) in [7, 11) is 1.51. The lowest BCUT2D eigenvalue weighted by Gasteiger charge is -2.36. The second-order valence-electron chi connectivity index (χ2n) is 4.55. The van der Waals surface area contributed by atoms with Crippen LogP contribution in [0.1, 0.15) is 23.7 Å². The monoisotopic (exact) mass is 266 g/mol. The summed E-state index contributed by atoms with van der Waals surface area (Å²) >= 11 is 0. The summed E-state index contributed by atoms with van der Waals surface area (Å²) in [5.74, 6) is -0.462. The number of hydrogen-bond donors (Lipinski definition) is 1. The Morgan fingerprint density at radius 1 is 1.37 bits per heavy atom. The average molecular weight is 266 g/mol. The molecule has 104 valence electrons. The van der Waals surface area contributed by atoms with Crippen molar-refractivity contribution in [1.82, 2.24) is 0 Å². The minimum atomic E-state index is -0.790. The van der Waals surface area contributed by atoms with Gasteiger partial charge in [-0.05, 0) is 19.1 Å². The average Bonchev–Trinajstić information content (AvgIpc) is 2.43. The summed E-state index contributed by atoms with van der Waals surface area (Å²) in [5.41, 5.74) is 0.454. The molecule has 0 spiro atoms. The molecule has 1 aromatic carbocycles. The largest absolute Gasteiger partial charge is 0.453 e. The van der Waals surface area contributed by atoms with Gasteiger partial charge < -0.3 is 19.3 Å². The molecule has 0 aliphatic carbocycles. The quantitative estimate of drug-likeness (QED) is 0.837. The number of aliphatic hydroxyl groups excluding tert-OH is 1. The maximum atomic E-state index is 11.9. The van der Waals surface area contributed by atoms with Gasteiger partial charge in [0.15, 0.2) is 12.4 Å². The molecule has 1 N–H and O–H groups in total. The molecule has 0 bridgehead atoms.